The first-order valence-corrected chi connectivity index (χ1v) is 11.1. The second kappa shape index (κ2) is 10.4. The van der Waals surface area contributed by atoms with E-state index in [1.165, 1.54) is 19.3 Å². The fourth-order valence-electron chi connectivity index (χ4n) is 3.29. The second-order valence-electron chi connectivity index (χ2n) is 7.27. The lowest BCUT2D eigenvalue weighted by Gasteiger charge is -2.19. The van der Waals surface area contributed by atoms with Crippen LogP contribution in [0, 0.1) is 0 Å². The van der Waals surface area contributed by atoms with Gasteiger partial charge >= 0.3 is 5.97 Å². The monoisotopic (exact) mass is 500 g/mol. The summed E-state index contributed by atoms with van der Waals surface area (Å²) in [5, 5.41) is 10.8. The summed E-state index contributed by atoms with van der Waals surface area (Å²) in [6, 6.07) is 9.54. The molecule has 0 aromatic heterocycles. The molecule has 2 aromatic carbocycles. The zero-order chi connectivity index (χ0) is 24.9. The molecular weight excluding hydrogens is 480 g/mol. The van der Waals surface area contributed by atoms with Crippen molar-refractivity contribution in [2.45, 2.75) is 0 Å². The number of aliphatic carboxylic acids is 1. The number of benzene rings is 2. The number of ether oxygens (including phenoxy) is 4. The van der Waals surface area contributed by atoms with Gasteiger partial charge in [0.1, 0.15) is 19.8 Å². The Hall–Kier alpha value is -4.19. The zero-order valence-corrected chi connectivity index (χ0v) is 19.3. The van der Waals surface area contributed by atoms with Gasteiger partial charge in [-0.15, -0.1) is 0 Å². The van der Waals surface area contributed by atoms with E-state index >= 15 is 0 Å². The first-order valence-electron chi connectivity index (χ1n) is 10.3. The number of imide groups is 1. The van der Waals surface area contributed by atoms with Crippen LogP contribution in [0.15, 0.2) is 41.3 Å². The minimum atomic E-state index is -1.14. The number of hydrogen-bond donors (Lipinski definition) is 2. The third-order valence-corrected chi connectivity index (χ3v) is 5.75. The van der Waals surface area contributed by atoms with Crippen LogP contribution >= 0.6 is 11.8 Å². The number of rotatable bonds is 8. The van der Waals surface area contributed by atoms with Gasteiger partial charge in [-0.05, 0) is 47.7 Å². The average molecular weight is 500 g/mol. The Morgan fingerprint density at radius 1 is 1.11 bits per heavy atom. The molecule has 2 aliphatic heterocycles. The van der Waals surface area contributed by atoms with Gasteiger partial charge < -0.3 is 29.4 Å². The first kappa shape index (κ1) is 24.0. The smallest absolute Gasteiger partial charge is 0.341 e. The molecule has 35 heavy (non-hydrogen) atoms. The van der Waals surface area contributed by atoms with Crippen molar-refractivity contribution < 1.29 is 43.2 Å². The Labute approximate surface area is 203 Å². The highest BCUT2D eigenvalue weighted by atomic mass is 32.2. The molecule has 2 N–H and O–H groups in total. The minimum absolute atomic E-state index is 0.128. The number of thioether (sulfide) groups is 1. The van der Waals surface area contributed by atoms with Gasteiger partial charge in [0.05, 0.1) is 12.0 Å². The summed E-state index contributed by atoms with van der Waals surface area (Å²) >= 11 is 0.708. The highest BCUT2D eigenvalue weighted by Crippen LogP contribution is 2.35. The SMILES string of the molecule is COc1cc(/C=C2/SC(=O)N(CC(=O)Nc3ccc4c(c3)OCCO4)C2=O)ccc1OCC(=O)O. The molecule has 0 atom stereocenters. The van der Waals surface area contributed by atoms with E-state index in [-0.39, 0.29) is 16.4 Å². The van der Waals surface area contributed by atoms with Gasteiger partial charge in [-0.3, -0.25) is 19.3 Å². The van der Waals surface area contributed by atoms with Crippen LogP contribution in [0.2, 0.25) is 0 Å². The molecule has 0 aliphatic carbocycles. The molecule has 0 bridgehead atoms. The summed E-state index contributed by atoms with van der Waals surface area (Å²) in [6.45, 7) is -0.150. The number of carboxylic acid groups (broad SMARTS) is 1. The van der Waals surface area contributed by atoms with Crippen molar-refractivity contribution in [1.29, 1.82) is 0 Å². The van der Waals surface area contributed by atoms with Crippen LogP contribution in [0.25, 0.3) is 6.08 Å². The summed E-state index contributed by atoms with van der Waals surface area (Å²) < 4.78 is 21.3. The molecule has 0 radical (unpaired) electrons. The second-order valence-corrected chi connectivity index (χ2v) is 8.26. The van der Waals surface area contributed by atoms with Crippen LogP contribution in [-0.2, 0) is 14.4 Å². The largest absolute Gasteiger partial charge is 0.493 e. The van der Waals surface area contributed by atoms with Crippen LogP contribution in [0.5, 0.6) is 23.0 Å². The number of nitrogens with zero attached hydrogens (tertiary/aromatic N) is 1. The minimum Gasteiger partial charge on any atom is -0.493 e. The number of methoxy groups -OCH3 is 1. The average Bonchev–Trinajstić information content (AvgIpc) is 3.10. The summed E-state index contributed by atoms with van der Waals surface area (Å²) in [7, 11) is 1.39. The molecular formula is C23H20N2O9S. The molecule has 1 fully saturated rings. The van der Waals surface area contributed by atoms with Gasteiger partial charge in [0.2, 0.25) is 5.91 Å². The Morgan fingerprint density at radius 2 is 1.89 bits per heavy atom. The van der Waals surface area contributed by atoms with Gasteiger partial charge in [0.25, 0.3) is 11.1 Å². The van der Waals surface area contributed by atoms with Crippen LogP contribution in [0.3, 0.4) is 0 Å². The van der Waals surface area contributed by atoms with E-state index < -0.39 is 36.2 Å². The highest BCUT2D eigenvalue weighted by molar-refractivity contribution is 8.18. The van der Waals surface area contributed by atoms with Crippen molar-refractivity contribution in [2.24, 2.45) is 0 Å². The fraction of sp³-hybridized carbons (Fsp3) is 0.217. The molecule has 0 saturated carbocycles. The standard InChI is InChI=1S/C23H20N2O9S/c1-31-17-8-13(2-4-15(17)34-12-21(27)28)9-19-22(29)25(23(30)35-19)11-20(26)24-14-3-5-16-18(10-14)33-7-6-32-16/h2-5,8-10H,6-7,11-12H2,1H3,(H,24,26)(H,27,28)/b19-9+. The number of nitrogens with one attached hydrogen (secondary N) is 1. The third kappa shape index (κ3) is 5.66. The Bertz CT molecular complexity index is 1230. The van der Waals surface area contributed by atoms with Crippen molar-refractivity contribution in [3.63, 3.8) is 0 Å². The number of amides is 3. The van der Waals surface area contributed by atoms with E-state index in [0.29, 0.717) is 47.7 Å². The summed E-state index contributed by atoms with van der Waals surface area (Å²) in [5.41, 5.74) is 0.967. The van der Waals surface area contributed by atoms with Crippen LogP contribution in [0.1, 0.15) is 5.56 Å². The third-order valence-electron chi connectivity index (χ3n) is 4.84. The van der Waals surface area contributed by atoms with Crippen molar-refractivity contribution in [3.8, 4) is 23.0 Å². The zero-order valence-electron chi connectivity index (χ0n) is 18.4. The van der Waals surface area contributed by atoms with E-state index in [0.717, 1.165) is 4.90 Å². The molecule has 182 valence electrons. The summed E-state index contributed by atoms with van der Waals surface area (Å²) in [6.07, 6.45) is 1.48. The summed E-state index contributed by atoms with van der Waals surface area (Å²) in [5.74, 6) is -0.743. The van der Waals surface area contributed by atoms with Gasteiger partial charge in [-0.1, -0.05) is 6.07 Å². The molecule has 2 aliphatic rings. The molecule has 3 amide bonds. The summed E-state index contributed by atoms with van der Waals surface area (Å²) in [4.78, 5) is 49.4. The van der Waals surface area contributed by atoms with E-state index in [9.17, 15) is 19.2 Å². The van der Waals surface area contributed by atoms with E-state index in [1.54, 1.807) is 30.3 Å². The lowest BCUT2D eigenvalue weighted by molar-refractivity contribution is -0.139. The highest BCUT2D eigenvalue weighted by Gasteiger charge is 2.36. The molecule has 2 aromatic rings. The van der Waals surface area contributed by atoms with Crippen LogP contribution in [-0.4, -0.2) is 66.5 Å². The number of carbonyl (C=O) groups is 4. The maximum atomic E-state index is 12.8. The van der Waals surface area contributed by atoms with E-state index in [2.05, 4.69) is 5.32 Å². The molecule has 0 spiro atoms. The number of fused-ring (bicyclic) bond motifs is 1. The van der Waals surface area contributed by atoms with Crippen molar-refractivity contribution in [3.05, 3.63) is 46.9 Å². The lowest BCUT2D eigenvalue weighted by atomic mass is 10.2. The predicted octanol–water partition coefficient (Wildman–Crippen LogP) is 2.60. The molecule has 2 heterocycles. The maximum absolute atomic E-state index is 12.8. The lowest BCUT2D eigenvalue weighted by Crippen LogP contribution is -2.36. The number of carboxylic acids is 1. The van der Waals surface area contributed by atoms with Gasteiger partial charge in [-0.25, -0.2) is 4.79 Å². The molecule has 4 rings (SSSR count). The fourth-order valence-corrected chi connectivity index (χ4v) is 4.12. The quantitative estimate of drug-likeness (QED) is 0.520. The van der Waals surface area contributed by atoms with Crippen LogP contribution < -0.4 is 24.3 Å². The normalized spacial score (nSPS) is 15.8. The Kier molecular flexibility index (Phi) is 7.11. The van der Waals surface area contributed by atoms with E-state index in [1.807, 2.05) is 0 Å². The number of anilines is 1. The van der Waals surface area contributed by atoms with E-state index in [4.69, 9.17) is 24.1 Å². The topological polar surface area (TPSA) is 141 Å². The molecule has 12 heteroatoms. The molecule has 11 nitrogen and oxygen atoms in total. The Balaban J connectivity index is 1.42. The van der Waals surface area contributed by atoms with Gasteiger partial charge in [-0.2, -0.15) is 0 Å². The Morgan fingerprint density at radius 3 is 2.63 bits per heavy atom. The predicted molar refractivity (Wildman–Crippen MR) is 125 cm³/mol. The first-order chi connectivity index (χ1) is 16.8. The van der Waals surface area contributed by atoms with Crippen molar-refractivity contribution >= 4 is 46.5 Å². The molecule has 1 saturated heterocycles. The van der Waals surface area contributed by atoms with Crippen molar-refractivity contribution in [2.75, 3.05) is 38.8 Å². The van der Waals surface area contributed by atoms with Crippen LogP contribution in [0.4, 0.5) is 10.5 Å². The van der Waals surface area contributed by atoms with Crippen molar-refractivity contribution in [1.82, 2.24) is 4.90 Å². The number of carbonyl (C=O) groups excluding carboxylic acids is 3. The van der Waals surface area contributed by atoms with Gasteiger partial charge in [0, 0.05) is 11.8 Å². The number of hydrogen-bond acceptors (Lipinski definition) is 9. The van der Waals surface area contributed by atoms with Gasteiger partial charge in [0.15, 0.2) is 29.6 Å². The molecule has 0 unspecified atom stereocenters. The maximum Gasteiger partial charge on any atom is 0.341 e.